The van der Waals surface area contributed by atoms with Gasteiger partial charge < -0.3 is 10.6 Å². The molecular weight excluding hydrogens is 206 g/mol. The Balaban J connectivity index is 2.22. The second-order valence-electron chi connectivity index (χ2n) is 3.72. The average Bonchev–Trinajstić information content (AvgIpc) is 2.75. The molecule has 1 aliphatic heterocycles. The molecule has 0 unspecified atom stereocenters. The van der Waals surface area contributed by atoms with Crippen LogP contribution in [0, 0.1) is 0 Å². The maximum Gasteiger partial charge on any atom is 0.152 e. The van der Waals surface area contributed by atoms with Gasteiger partial charge in [-0.15, -0.1) is 0 Å². The first-order valence-electron chi connectivity index (χ1n) is 5.37. The van der Waals surface area contributed by atoms with Crippen LogP contribution in [0.1, 0.15) is 13.3 Å². The van der Waals surface area contributed by atoms with Gasteiger partial charge in [-0.1, -0.05) is 0 Å². The molecule has 0 aromatic carbocycles. The summed E-state index contributed by atoms with van der Waals surface area (Å²) in [5.74, 6) is 3.41. The average molecular weight is 223 g/mol. The minimum absolute atomic E-state index is 0.609. The highest BCUT2D eigenvalue weighted by atomic mass is 32.2. The summed E-state index contributed by atoms with van der Waals surface area (Å²) in [5, 5.41) is 0. The van der Waals surface area contributed by atoms with Crippen molar-refractivity contribution in [3.05, 3.63) is 18.3 Å². The Hall–Kier alpha value is -0.900. The molecule has 0 radical (unpaired) electrons. The number of hydrogen-bond donors (Lipinski definition) is 1. The molecule has 0 amide bonds. The quantitative estimate of drug-likeness (QED) is 0.851. The molecule has 1 aromatic heterocycles. The summed E-state index contributed by atoms with van der Waals surface area (Å²) in [5.41, 5.74) is 6.74. The van der Waals surface area contributed by atoms with Gasteiger partial charge in [-0.2, -0.15) is 11.8 Å². The lowest BCUT2D eigenvalue weighted by atomic mass is 10.2. The number of nitrogens with zero attached hydrogens (tertiary/aromatic N) is 2. The van der Waals surface area contributed by atoms with Gasteiger partial charge in [-0.05, 0) is 31.2 Å². The SMILES string of the molecule is CCN(c1ncccc1N)[C@@H]1CCSC1. The Morgan fingerprint density at radius 1 is 1.67 bits per heavy atom. The van der Waals surface area contributed by atoms with Gasteiger partial charge in [0.05, 0.1) is 5.69 Å². The number of nitrogen functional groups attached to an aromatic ring is 1. The first-order chi connectivity index (χ1) is 7.33. The van der Waals surface area contributed by atoms with Crippen LogP contribution < -0.4 is 10.6 Å². The van der Waals surface area contributed by atoms with Gasteiger partial charge in [0.15, 0.2) is 5.82 Å². The highest BCUT2D eigenvalue weighted by molar-refractivity contribution is 7.99. The van der Waals surface area contributed by atoms with E-state index in [1.54, 1.807) is 0 Å². The molecule has 0 bridgehead atoms. The van der Waals surface area contributed by atoms with Crippen LogP contribution in [0.2, 0.25) is 0 Å². The normalized spacial score (nSPS) is 20.5. The third kappa shape index (κ3) is 2.20. The van der Waals surface area contributed by atoms with Crippen molar-refractivity contribution in [3.8, 4) is 0 Å². The highest BCUT2D eigenvalue weighted by Gasteiger charge is 2.23. The van der Waals surface area contributed by atoms with Crippen LogP contribution in [0.5, 0.6) is 0 Å². The second kappa shape index (κ2) is 4.75. The molecule has 0 saturated carbocycles. The number of rotatable bonds is 3. The molecule has 2 heterocycles. The van der Waals surface area contributed by atoms with Crippen LogP contribution in [-0.4, -0.2) is 29.1 Å². The summed E-state index contributed by atoms with van der Waals surface area (Å²) < 4.78 is 0. The molecular formula is C11H17N3S. The molecule has 82 valence electrons. The third-order valence-corrected chi connectivity index (χ3v) is 3.92. The van der Waals surface area contributed by atoms with Crippen molar-refractivity contribution in [3.63, 3.8) is 0 Å². The molecule has 1 aliphatic rings. The van der Waals surface area contributed by atoms with Crippen molar-refractivity contribution < 1.29 is 0 Å². The van der Waals surface area contributed by atoms with Gasteiger partial charge in [0.1, 0.15) is 0 Å². The molecule has 2 rings (SSSR count). The lowest BCUT2D eigenvalue weighted by molar-refractivity contribution is 0.653. The van der Waals surface area contributed by atoms with Crippen LogP contribution >= 0.6 is 11.8 Å². The number of anilines is 2. The molecule has 15 heavy (non-hydrogen) atoms. The molecule has 3 nitrogen and oxygen atoms in total. The lowest BCUT2D eigenvalue weighted by Gasteiger charge is -2.29. The van der Waals surface area contributed by atoms with E-state index in [4.69, 9.17) is 5.73 Å². The van der Waals surface area contributed by atoms with E-state index in [-0.39, 0.29) is 0 Å². The number of pyridine rings is 1. The van der Waals surface area contributed by atoms with Crippen LogP contribution in [0.4, 0.5) is 11.5 Å². The third-order valence-electron chi connectivity index (χ3n) is 2.78. The van der Waals surface area contributed by atoms with Gasteiger partial charge >= 0.3 is 0 Å². The van der Waals surface area contributed by atoms with Crippen LogP contribution in [0.3, 0.4) is 0 Å². The Kier molecular flexibility index (Phi) is 3.36. The van der Waals surface area contributed by atoms with E-state index in [2.05, 4.69) is 16.8 Å². The summed E-state index contributed by atoms with van der Waals surface area (Å²) in [6.45, 7) is 3.14. The van der Waals surface area contributed by atoms with E-state index < -0.39 is 0 Å². The van der Waals surface area contributed by atoms with Gasteiger partial charge in [0.2, 0.25) is 0 Å². The van der Waals surface area contributed by atoms with Crippen LogP contribution in [0.25, 0.3) is 0 Å². The summed E-state index contributed by atoms with van der Waals surface area (Å²) in [7, 11) is 0. The smallest absolute Gasteiger partial charge is 0.152 e. The maximum absolute atomic E-state index is 5.95. The summed E-state index contributed by atoms with van der Waals surface area (Å²) in [6, 6.07) is 4.42. The molecule has 1 fully saturated rings. The molecule has 4 heteroatoms. The topological polar surface area (TPSA) is 42.2 Å². The predicted molar refractivity (Wildman–Crippen MR) is 67.4 cm³/mol. The second-order valence-corrected chi connectivity index (χ2v) is 4.87. The van der Waals surface area contributed by atoms with Crippen LogP contribution in [0.15, 0.2) is 18.3 Å². The van der Waals surface area contributed by atoms with Crippen molar-refractivity contribution >= 4 is 23.3 Å². The van der Waals surface area contributed by atoms with E-state index in [0.29, 0.717) is 6.04 Å². The van der Waals surface area contributed by atoms with Crippen molar-refractivity contribution in [2.75, 3.05) is 28.7 Å². The fourth-order valence-electron chi connectivity index (χ4n) is 2.00. The largest absolute Gasteiger partial charge is 0.396 e. The van der Waals surface area contributed by atoms with Crippen molar-refractivity contribution in [1.29, 1.82) is 0 Å². The fourth-order valence-corrected chi connectivity index (χ4v) is 3.22. The molecule has 1 aromatic rings. The minimum Gasteiger partial charge on any atom is -0.396 e. The monoisotopic (exact) mass is 223 g/mol. The van der Waals surface area contributed by atoms with E-state index in [0.717, 1.165) is 18.1 Å². The van der Waals surface area contributed by atoms with Crippen molar-refractivity contribution in [1.82, 2.24) is 4.98 Å². The molecule has 1 atom stereocenters. The minimum atomic E-state index is 0.609. The van der Waals surface area contributed by atoms with E-state index in [9.17, 15) is 0 Å². The molecule has 2 N–H and O–H groups in total. The fraction of sp³-hybridized carbons (Fsp3) is 0.545. The zero-order chi connectivity index (χ0) is 10.7. The van der Waals surface area contributed by atoms with Gasteiger partial charge in [0.25, 0.3) is 0 Å². The summed E-state index contributed by atoms with van der Waals surface area (Å²) in [6.07, 6.45) is 3.06. The predicted octanol–water partition coefficient (Wildman–Crippen LogP) is 2.00. The Labute approximate surface area is 95.1 Å². The van der Waals surface area contributed by atoms with Crippen molar-refractivity contribution in [2.45, 2.75) is 19.4 Å². The van der Waals surface area contributed by atoms with Gasteiger partial charge in [0, 0.05) is 24.5 Å². The van der Waals surface area contributed by atoms with Crippen LogP contribution in [-0.2, 0) is 0 Å². The standard InChI is InChI=1S/C11H17N3S/c1-2-14(9-5-7-15-8-9)11-10(12)4-3-6-13-11/h3-4,6,9H,2,5,7-8,12H2,1H3/t9-/m1/s1. The molecule has 1 saturated heterocycles. The highest BCUT2D eigenvalue weighted by Crippen LogP contribution is 2.28. The number of thioether (sulfide) groups is 1. The maximum atomic E-state index is 5.95. The summed E-state index contributed by atoms with van der Waals surface area (Å²) >= 11 is 2.02. The van der Waals surface area contributed by atoms with E-state index >= 15 is 0 Å². The Bertz CT molecular complexity index is 323. The number of nitrogens with two attached hydrogens (primary N) is 1. The zero-order valence-electron chi connectivity index (χ0n) is 9.02. The van der Waals surface area contributed by atoms with Gasteiger partial charge in [-0.25, -0.2) is 4.98 Å². The molecule has 0 aliphatic carbocycles. The summed E-state index contributed by atoms with van der Waals surface area (Å²) in [4.78, 5) is 6.71. The Morgan fingerprint density at radius 3 is 3.13 bits per heavy atom. The number of hydrogen-bond acceptors (Lipinski definition) is 4. The van der Waals surface area contributed by atoms with E-state index in [1.165, 1.54) is 17.9 Å². The first-order valence-corrected chi connectivity index (χ1v) is 6.53. The number of aromatic nitrogens is 1. The van der Waals surface area contributed by atoms with Gasteiger partial charge in [-0.3, -0.25) is 0 Å². The first kappa shape index (κ1) is 10.6. The molecule has 0 spiro atoms. The zero-order valence-corrected chi connectivity index (χ0v) is 9.83. The van der Waals surface area contributed by atoms with E-state index in [1.807, 2.05) is 30.1 Å². The lowest BCUT2D eigenvalue weighted by Crippen LogP contribution is -2.36. The Morgan fingerprint density at radius 2 is 2.53 bits per heavy atom. The van der Waals surface area contributed by atoms with Crippen molar-refractivity contribution in [2.24, 2.45) is 0 Å².